The van der Waals surface area contributed by atoms with E-state index in [-0.39, 0.29) is 6.10 Å². The van der Waals surface area contributed by atoms with Crippen LogP contribution < -0.4 is 5.32 Å². The third-order valence-corrected chi connectivity index (χ3v) is 2.31. The molecule has 12 heavy (non-hydrogen) atoms. The summed E-state index contributed by atoms with van der Waals surface area (Å²) in [5.74, 6) is 1.07. The van der Waals surface area contributed by atoms with Crippen molar-refractivity contribution in [1.29, 1.82) is 0 Å². The predicted octanol–water partition coefficient (Wildman–Crippen LogP) is 1.64. The highest BCUT2D eigenvalue weighted by Crippen LogP contribution is 2.00. The number of nitrogens with one attached hydrogen (secondary N) is 1. The van der Waals surface area contributed by atoms with Crippen LogP contribution in [0.25, 0.3) is 0 Å². The number of aliphatic hydroxyl groups excluding tert-OH is 1. The van der Waals surface area contributed by atoms with Crippen molar-refractivity contribution in [2.45, 2.75) is 40.2 Å². The minimum absolute atomic E-state index is 0.200. The molecule has 0 aliphatic rings. The largest absolute Gasteiger partial charge is 0.392 e. The Morgan fingerprint density at radius 3 is 2.17 bits per heavy atom. The molecule has 0 fully saturated rings. The maximum atomic E-state index is 9.45. The van der Waals surface area contributed by atoms with Gasteiger partial charge in [-0.25, -0.2) is 0 Å². The lowest BCUT2D eigenvalue weighted by molar-refractivity contribution is 0.122. The average molecular weight is 173 g/mol. The molecule has 0 rings (SSSR count). The molecule has 0 amide bonds. The van der Waals surface area contributed by atoms with Crippen molar-refractivity contribution < 1.29 is 5.11 Å². The van der Waals surface area contributed by atoms with Crippen LogP contribution in [0.1, 0.15) is 34.1 Å². The van der Waals surface area contributed by atoms with Gasteiger partial charge in [-0.1, -0.05) is 34.1 Å². The third-order valence-electron chi connectivity index (χ3n) is 2.31. The van der Waals surface area contributed by atoms with Crippen molar-refractivity contribution in [2.24, 2.45) is 11.8 Å². The maximum absolute atomic E-state index is 9.45. The van der Waals surface area contributed by atoms with Crippen molar-refractivity contribution in [2.75, 3.05) is 13.1 Å². The van der Waals surface area contributed by atoms with E-state index >= 15 is 0 Å². The molecule has 0 heterocycles. The van der Waals surface area contributed by atoms with E-state index in [1.165, 1.54) is 6.42 Å². The Morgan fingerprint density at radius 1 is 1.17 bits per heavy atom. The Labute approximate surface area is 76.4 Å². The van der Waals surface area contributed by atoms with E-state index in [2.05, 4.69) is 19.2 Å². The van der Waals surface area contributed by atoms with Crippen LogP contribution in [0, 0.1) is 11.8 Å². The summed E-state index contributed by atoms with van der Waals surface area (Å²) >= 11 is 0. The Hall–Kier alpha value is -0.0800. The van der Waals surface area contributed by atoms with Gasteiger partial charge in [0.2, 0.25) is 0 Å². The van der Waals surface area contributed by atoms with Crippen LogP contribution in [0.2, 0.25) is 0 Å². The minimum Gasteiger partial charge on any atom is -0.392 e. The van der Waals surface area contributed by atoms with Crippen molar-refractivity contribution in [1.82, 2.24) is 5.32 Å². The molecule has 0 saturated carbocycles. The van der Waals surface area contributed by atoms with Crippen molar-refractivity contribution in [3.8, 4) is 0 Å². The third kappa shape index (κ3) is 5.56. The predicted molar refractivity (Wildman–Crippen MR) is 53.2 cm³/mol. The molecule has 0 aliphatic heterocycles. The smallest absolute Gasteiger partial charge is 0.0687 e. The molecule has 0 aromatic rings. The van der Waals surface area contributed by atoms with Crippen molar-refractivity contribution >= 4 is 0 Å². The van der Waals surface area contributed by atoms with Crippen molar-refractivity contribution in [3.63, 3.8) is 0 Å². The van der Waals surface area contributed by atoms with Crippen LogP contribution in [0.3, 0.4) is 0 Å². The summed E-state index contributed by atoms with van der Waals surface area (Å²) in [5.41, 5.74) is 0. The van der Waals surface area contributed by atoms with Gasteiger partial charge in [-0.2, -0.15) is 0 Å². The van der Waals surface area contributed by atoms with E-state index in [1.807, 2.05) is 13.8 Å². The summed E-state index contributed by atoms with van der Waals surface area (Å²) in [4.78, 5) is 0. The Morgan fingerprint density at radius 2 is 1.75 bits per heavy atom. The van der Waals surface area contributed by atoms with Gasteiger partial charge in [0.1, 0.15) is 0 Å². The zero-order valence-corrected chi connectivity index (χ0v) is 8.80. The quantitative estimate of drug-likeness (QED) is 0.640. The van der Waals surface area contributed by atoms with Gasteiger partial charge in [0, 0.05) is 6.54 Å². The molecule has 0 aliphatic carbocycles. The van der Waals surface area contributed by atoms with Gasteiger partial charge in [-0.15, -0.1) is 0 Å². The first kappa shape index (κ1) is 11.9. The van der Waals surface area contributed by atoms with Gasteiger partial charge in [-0.3, -0.25) is 0 Å². The van der Waals surface area contributed by atoms with Crippen LogP contribution in [-0.4, -0.2) is 24.3 Å². The summed E-state index contributed by atoms with van der Waals surface area (Å²) < 4.78 is 0. The first-order valence-electron chi connectivity index (χ1n) is 4.96. The molecular weight excluding hydrogens is 150 g/mol. The molecule has 2 heteroatoms. The normalized spacial score (nSPS) is 16.5. The Balaban J connectivity index is 3.30. The molecule has 0 saturated heterocycles. The van der Waals surface area contributed by atoms with E-state index in [0.29, 0.717) is 11.8 Å². The lowest BCUT2D eigenvalue weighted by atomic mass is 10.1. The SMILES string of the molecule is CCC(C)CNCC(O)C(C)C. The summed E-state index contributed by atoms with van der Waals surface area (Å²) in [6, 6.07) is 0. The first-order valence-corrected chi connectivity index (χ1v) is 4.96. The van der Waals surface area contributed by atoms with Gasteiger partial charge in [-0.05, 0) is 18.4 Å². The lowest BCUT2D eigenvalue weighted by Gasteiger charge is -2.16. The van der Waals surface area contributed by atoms with Crippen LogP contribution in [0.4, 0.5) is 0 Å². The van der Waals surface area contributed by atoms with E-state index in [4.69, 9.17) is 0 Å². The molecule has 74 valence electrons. The fourth-order valence-corrected chi connectivity index (χ4v) is 0.858. The second-order valence-corrected chi connectivity index (χ2v) is 3.98. The number of aliphatic hydroxyl groups is 1. The molecular formula is C10H23NO. The van der Waals surface area contributed by atoms with Crippen LogP contribution in [0.15, 0.2) is 0 Å². The highest BCUT2D eigenvalue weighted by atomic mass is 16.3. The molecule has 2 atom stereocenters. The van der Waals surface area contributed by atoms with Crippen LogP contribution in [0.5, 0.6) is 0 Å². The second kappa shape index (κ2) is 6.44. The molecule has 0 spiro atoms. The molecule has 0 aromatic carbocycles. The highest BCUT2D eigenvalue weighted by molar-refractivity contribution is 4.64. The maximum Gasteiger partial charge on any atom is 0.0687 e. The van der Waals surface area contributed by atoms with E-state index in [1.54, 1.807) is 0 Å². The Bertz CT molecular complexity index is 104. The standard InChI is InChI=1S/C10H23NO/c1-5-9(4)6-11-7-10(12)8(2)3/h8-12H,5-7H2,1-4H3. The summed E-state index contributed by atoms with van der Waals surface area (Å²) in [5, 5.41) is 12.7. The topological polar surface area (TPSA) is 32.3 Å². The molecule has 0 aromatic heterocycles. The van der Waals surface area contributed by atoms with Gasteiger partial charge >= 0.3 is 0 Å². The zero-order chi connectivity index (χ0) is 9.56. The molecule has 2 unspecified atom stereocenters. The fraction of sp³-hybridized carbons (Fsp3) is 1.00. The van der Waals surface area contributed by atoms with Crippen molar-refractivity contribution in [3.05, 3.63) is 0 Å². The van der Waals surface area contributed by atoms with E-state index in [9.17, 15) is 5.11 Å². The summed E-state index contributed by atoms with van der Waals surface area (Å²) in [6.07, 6.45) is 0.999. The van der Waals surface area contributed by atoms with Gasteiger partial charge < -0.3 is 10.4 Å². The van der Waals surface area contributed by atoms with Gasteiger partial charge in [0.05, 0.1) is 6.10 Å². The second-order valence-electron chi connectivity index (χ2n) is 3.98. The van der Waals surface area contributed by atoms with E-state index < -0.39 is 0 Å². The zero-order valence-electron chi connectivity index (χ0n) is 8.80. The van der Waals surface area contributed by atoms with Gasteiger partial charge in [0.15, 0.2) is 0 Å². The Kier molecular flexibility index (Phi) is 6.39. The molecule has 0 radical (unpaired) electrons. The van der Waals surface area contributed by atoms with Gasteiger partial charge in [0.25, 0.3) is 0 Å². The minimum atomic E-state index is -0.200. The number of rotatable bonds is 6. The highest BCUT2D eigenvalue weighted by Gasteiger charge is 2.08. The molecule has 2 N–H and O–H groups in total. The van der Waals surface area contributed by atoms with E-state index in [0.717, 1.165) is 13.1 Å². The monoisotopic (exact) mass is 173 g/mol. The number of hydrogen-bond acceptors (Lipinski definition) is 2. The average Bonchev–Trinajstić information content (AvgIpc) is 2.03. The molecule has 2 nitrogen and oxygen atoms in total. The lowest BCUT2D eigenvalue weighted by Crippen LogP contribution is -2.33. The summed E-state index contributed by atoms with van der Waals surface area (Å²) in [7, 11) is 0. The molecule has 0 bridgehead atoms. The fourth-order valence-electron chi connectivity index (χ4n) is 0.858. The summed E-state index contributed by atoms with van der Waals surface area (Å²) in [6.45, 7) is 10.2. The number of hydrogen-bond donors (Lipinski definition) is 2. The van der Waals surface area contributed by atoms with Crippen LogP contribution >= 0.6 is 0 Å². The first-order chi connectivity index (χ1) is 5.57. The van der Waals surface area contributed by atoms with Crippen LogP contribution in [-0.2, 0) is 0 Å².